The van der Waals surface area contributed by atoms with E-state index in [4.69, 9.17) is 27.9 Å². The molecule has 2 rings (SSSR count). The Morgan fingerprint density at radius 1 is 1.39 bits per heavy atom. The topological polar surface area (TPSA) is 29.5 Å². The number of benzene rings is 1. The summed E-state index contributed by atoms with van der Waals surface area (Å²) >= 11 is 11.8. The summed E-state index contributed by atoms with van der Waals surface area (Å²) in [6, 6.07) is 5.80. The lowest BCUT2D eigenvalue weighted by Gasteiger charge is -2.22. The third-order valence-corrected chi connectivity index (χ3v) is 3.65. The number of amides is 1. The highest BCUT2D eigenvalue weighted by atomic mass is 35.5. The molecule has 0 atom stereocenters. The van der Waals surface area contributed by atoms with Crippen molar-refractivity contribution in [1.29, 1.82) is 0 Å². The van der Waals surface area contributed by atoms with Crippen LogP contribution in [0.1, 0.15) is 18.4 Å². The molecule has 0 N–H and O–H groups in total. The Kier molecular flexibility index (Phi) is 4.49. The molecule has 5 heteroatoms. The van der Waals surface area contributed by atoms with Gasteiger partial charge in [-0.2, -0.15) is 0 Å². The number of carbonyl (C=O) groups is 1. The summed E-state index contributed by atoms with van der Waals surface area (Å²) in [7, 11) is 1.53. The molecule has 1 aromatic carbocycles. The van der Waals surface area contributed by atoms with Crippen molar-refractivity contribution < 1.29 is 9.53 Å². The fraction of sp³-hybridized carbons (Fsp3) is 0.462. The smallest absolute Gasteiger partial charge is 0.249 e. The molecule has 1 aliphatic carbocycles. The minimum Gasteiger partial charge on any atom is -0.375 e. The molecule has 1 aromatic rings. The van der Waals surface area contributed by atoms with Crippen molar-refractivity contribution in [1.82, 2.24) is 4.90 Å². The number of hydrogen-bond acceptors (Lipinski definition) is 2. The van der Waals surface area contributed by atoms with Crippen molar-refractivity contribution in [3.8, 4) is 0 Å². The highest BCUT2D eigenvalue weighted by Crippen LogP contribution is 2.30. The van der Waals surface area contributed by atoms with Crippen molar-refractivity contribution in [3.63, 3.8) is 0 Å². The van der Waals surface area contributed by atoms with E-state index in [1.54, 1.807) is 12.1 Å². The van der Waals surface area contributed by atoms with Gasteiger partial charge in [-0.3, -0.25) is 4.79 Å². The second-order valence-electron chi connectivity index (χ2n) is 4.43. The van der Waals surface area contributed by atoms with Gasteiger partial charge < -0.3 is 9.64 Å². The first-order chi connectivity index (χ1) is 8.61. The number of hydrogen-bond donors (Lipinski definition) is 0. The fourth-order valence-corrected chi connectivity index (χ4v) is 2.17. The van der Waals surface area contributed by atoms with Gasteiger partial charge in [0.1, 0.15) is 6.61 Å². The number of methoxy groups -OCH3 is 1. The van der Waals surface area contributed by atoms with E-state index in [9.17, 15) is 4.79 Å². The maximum absolute atomic E-state index is 11.9. The lowest BCUT2D eigenvalue weighted by molar-refractivity contribution is -0.136. The minimum absolute atomic E-state index is 0.0195. The summed E-state index contributed by atoms with van der Waals surface area (Å²) in [5.74, 6) is 0.0195. The summed E-state index contributed by atoms with van der Waals surface area (Å²) in [5, 5.41) is 1.05. The summed E-state index contributed by atoms with van der Waals surface area (Å²) in [6.07, 6.45) is 2.13. The predicted molar refractivity (Wildman–Crippen MR) is 71.9 cm³/mol. The van der Waals surface area contributed by atoms with Crippen molar-refractivity contribution in [3.05, 3.63) is 33.8 Å². The van der Waals surface area contributed by atoms with Gasteiger partial charge >= 0.3 is 0 Å². The molecule has 0 heterocycles. The molecule has 98 valence electrons. The number of ether oxygens (including phenoxy) is 1. The van der Waals surface area contributed by atoms with Gasteiger partial charge in [0.15, 0.2) is 0 Å². The molecule has 0 unspecified atom stereocenters. The van der Waals surface area contributed by atoms with E-state index < -0.39 is 0 Å². The van der Waals surface area contributed by atoms with Crippen LogP contribution in [0.3, 0.4) is 0 Å². The van der Waals surface area contributed by atoms with Crippen LogP contribution in [0, 0.1) is 0 Å². The fourth-order valence-electron chi connectivity index (χ4n) is 1.85. The van der Waals surface area contributed by atoms with Crippen molar-refractivity contribution in [2.24, 2.45) is 0 Å². The first-order valence-electron chi connectivity index (χ1n) is 5.84. The van der Waals surface area contributed by atoms with Crippen LogP contribution < -0.4 is 0 Å². The number of nitrogens with zero attached hydrogens (tertiary/aromatic N) is 1. The van der Waals surface area contributed by atoms with Crippen LogP contribution >= 0.6 is 23.2 Å². The molecule has 0 bridgehead atoms. The molecule has 0 saturated heterocycles. The average molecular weight is 288 g/mol. The van der Waals surface area contributed by atoms with Gasteiger partial charge in [0.05, 0.1) is 10.0 Å². The Hall–Kier alpha value is -0.770. The molecule has 0 spiro atoms. The first kappa shape index (κ1) is 13.7. The Morgan fingerprint density at radius 3 is 2.67 bits per heavy atom. The lowest BCUT2D eigenvalue weighted by Crippen LogP contribution is -2.35. The van der Waals surface area contributed by atoms with E-state index in [1.165, 1.54) is 7.11 Å². The van der Waals surface area contributed by atoms with Crippen molar-refractivity contribution in [2.75, 3.05) is 13.7 Å². The standard InChI is InChI=1S/C13H15Cl2NO2/c1-18-8-13(17)16(10-3-4-10)7-9-2-5-11(14)12(15)6-9/h2,5-6,10H,3-4,7-8H2,1H3. The van der Waals surface area contributed by atoms with Crippen LogP contribution in [-0.2, 0) is 16.1 Å². The quantitative estimate of drug-likeness (QED) is 0.833. The molecule has 0 aliphatic heterocycles. The molecule has 0 radical (unpaired) electrons. The zero-order chi connectivity index (χ0) is 13.1. The van der Waals surface area contributed by atoms with Gasteiger partial charge in [0, 0.05) is 19.7 Å². The molecular formula is C13H15Cl2NO2. The van der Waals surface area contributed by atoms with Crippen LogP contribution in [0.15, 0.2) is 18.2 Å². The molecule has 1 fully saturated rings. The third-order valence-electron chi connectivity index (χ3n) is 2.91. The van der Waals surface area contributed by atoms with E-state index in [1.807, 2.05) is 11.0 Å². The maximum atomic E-state index is 11.9. The second-order valence-corrected chi connectivity index (χ2v) is 5.25. The van der Waals surface area contributed by atoms with E-state index >= 15 is 0 Å². The summed E-state index contributed by atoms with van der Waals surface area (Å²) in [4.78, 5) is 13.8. The molecule has 3 nitrogen and oxygen atoms in total. The summed E-state index contributed by atoms with van der Waals surface area (Å²) in [6.45, 7) is 0.682. The second kappa shape index (κ2) is 5.91. The molecule has 18 heavy (non-hydrogen) atoms. The lowest BCUT2D eigenvalue weighted by atomic mass is 10.2. The number of rotatable bonds is 5. The molecule has 1 aliphatic rings. The third kappa shape index (κ3) is 3.37. The zero-order valence-electron chi connectivity index (χ0n) is 10.2. The Bertz CT molecular complexity index is 447. The number of carbonyl (C=O) groups excluding carboxylic acids is 1. The van der Waals surface area contributed by atoms with Crippen LogP contribution in [0.5, 0.6) is 0 Å². The summed E-state index contributed by atoms with van der Waals surface area (Å²) in [5.41, 5.74) is 0.987. The van der Waals surface area contributed by atoms with Gasteiger partial charge in [0.2, 0.25) is 5.91 Å². The van der Waals surface area contributed by atoms with Gasteiger partial charge in [-0.15, -0.1) is 0 Å². The van der Waals surface area contributed by atoms with Crippen molar-refractivity contribution >= 4 is 29.1 Å². The average Bonchev–Trinajstić information content (AvgIpc) is 3.15. The van der Waals surface area contributed by atoms with E-state index in [0.29, 0.717) is 22.6 Å². The Balaban J connectivity index is 2.08. The van der Waals surface area contributed by atoms with Gasteiger partial charge in [-0.05, 0) is 30.5 Å². The Morgan fingerprint density at radius 2 is 2.11 bits per heavy atom. The SMILES string of the molecule is COCC(=O)N(Cc1ccc(Cl)c(Cl)c1)C1CC1. The zero-order valence-corrected chi connectivity index (χ0v) is 11.7. The highest BCUT2D eigenvalue weighted by molar-refractivity contribution is 6.42. The van der Waals surface area contributed by atoms with Crippen molar-refractivity contribution in [2.45, 2.75) is 25.4 Å². The predicted octanol–water partition coefficient (Wildman–Crippen LogP) is 3.13. The monoisotopic (exact) mass is 287 g/mol. The van der Waals surface area contributed by atoms with Gasteiger partial charge in [-0.25, -0.2) is 0 Å². The van der Waals surface area contributed by atoms with Crippen LogP contribution in [-0.4, -0.2) is 30.6 Å². The molecule has 0 aromatic heterocycles. The largest absolute Gasteiger partial charge is 0.375 e. The molecule has 1 amide bonds. The Labute approximate surface area is 117 Å². The van der Waals surface area contributed by atoms with E-state index in [0.717, 1.165) is 18.4 Å². The molecule has 1 saturated carbocycles. The normalized spacial score (nSPS) is 14.6. The van der Waals surface area contributed by atoms with Crippen LogP contribution in [0.2, 0.25) is 10.0 Å². The van der Waals surface area contributed by atoms with Gasteiger partial charge in [0.25, 0.3) is 0 Å². The highest BCUT2D eigenvalue weighted by Gasteiger charge is 2.32. The summed E-state index contributed by atoms with van der Waals surface area (Å²) < 4.78 is 4.90. The molecular weight excluding hydrogens is 273 g/mol. The maximum Gasteiger partial charge on any atom is 0.249 e. The van der Waals surface area contributed by atoms with Gasteiger partial charge in [-0.1, -0.05) is 29.3 Å². The van der Waals surface area contributed by atoms with E-state index in [2.05, 4.69) is 0 Å². The van der Waals surface area contributed by atoms with Crippen LogP contribution in [0.25, 0.3) is 0 Å². The van der Waals surface area contributed by atoms with E-state index in [-0.39, 0.29) is 12.5 Å². The minimum atomic E-state index is 0.0195. The number of halogens is 2. The first-order valence-corrected chi connectivity index (χ1v) is 6.59. The van der Waals surface area contributed by atoms with Crippen LogP contribution in [0.4, 0.5) is 0 Å².